The Morgan fingerprint density at radius 3 is 2.38 bits per heavy atom. The highest BCUT2D eigenvalue weighted by Crippen LogP contribution is 2.34. The summed E-state index contributed by atoms with van der Waals surface area (Å²) >= 11 is 0. The Kier molecular flexibility index (Phi) is 4.68. The number of hydrogen-bond donors (Lipinski definition) is 1. The zero-order chi connectivity index (χ0) is 18.1. The van der Waals surface area contributed by atoms with Crippen molar-refractivity contribution in [2.75, 3.05) is 32.6 Å². The molecule has 1 aromatic heterocycles. The van der Waals surface area contributed by atoms with Crippen LogP contribution in [-0.4, -0.2) is 54.5 Å². The highest BCUT2D eigenvalue weighted by molar-refractivity contribution is 5.64. The summed E-state index contributed by atoms with van der Waals surface area (Å²) in [5.41, 5.74) is 1.77. The van der Waals surface area contributed by atoms with Crippen molar-refractivity contribution >= 4 is 5.82 Å². The molecular formula is C20H26N4O2. The highest BCUT2D eigenvalue weighted by Gasteiger charge is 2.39. The molecular weight excluding hydrogens is 328 g/mol. The minimum Gasteiger partial charge on any atom is -0.493 e. The lowest BCUT2D eigenvalue weighted by Crippen LogP contribution is -2.59. The lowest BCUT2D eigenvalue weighted by Gasteiger charge is -2.50. The molecule has 0 saturated carbocycles. The smallest absolute Gasteiger partial charge is 0.161 e. The van der Waals surface area contributed by atoms with Crippen LogP contribution in [0, 0.1) is 5.92 Å². The summed E-state index contributed by atoms with van der Waals surface area (Å²) in [4.78, 5) is 2.57. The van der Waals surface area contributed by atoms with Gasteiger partial charge in [-0.15, -0.1) is 10.2 Å². The minimum atomic E-state index is 0.457. The molecule has 4 heterocycles. The maximum atomic E-state index is 5.37. The monoisotopic (exact) mass is 354 g/mol. The number of anilines is 1. The number of methoxy groups -OCH3 is 2. The predicted molar refractivity (Wildman–Crippen MR) is 102 cm³/mol. The van der Waals surface area contributed by atoms with Gasteiger partial charge in [0.15, 0.2) is 11.5 Å². The van der Waals surface area contributed by atoms with Crippen LogP contribution >= 0.6 is 0 Å². The van der Waals surface area contributed by atoms with Gasteiger partial charge in [0.25, 0.3) is 0 Å². The maximum Gasteiger partial charge on any atom is 0.161 e. The van der Waals surface area contributed by atoms with Crippen LogP contribution in [0.25, 0.3) is 11.3 Å². The van der Waals surface area contributed by atoms with Crippen molar-refractivity contribution in [3.8, 4) is 22.8 Å². The van der Waals surface area contributed by atoms with Gasteiger partial charge in [0.05, 0.1) is 19.9 Å². The van der Waals surface area contributed by atoms with Gasteiger partial charge in [0.2, 0.25) is 0 Å². The molecule has 1 aromatic carbocycles. The number of benzene rings is 1. The zero-order valence-corrected chi connectivity index (χ0v) is 15.6. The van der Waals surface area contributed by atoms with E-state index in [1.54, 1.807) is 14.2 Å². The fourth-order valence-electron chi connectivity index (χ4n) is 4.27. The van der Waals surface area contributed by atoms with Crippen molar-refractivity contribution in [1.82, 2.24) is 15.1 Å². The predicted octanol–water partition coefficient (Wildman–Crippen LogP) is 3.06. The second kappa shape index (κ2) is 7.11. The van der Waals surface area contributed by atoms with E-state index < -0.39 is 0 Å². The van der Waals surface area contributed by atoms with Gasteiger partial charge < -0.3 is 14.8 Å². The lowest BCUT2D eigenvalue weighted by molar-refractivity contribution is 0.0457. The van der Waals surface area contributed by atoms with Crippen LogP contribution < -0.4 is 14.8 Å². The highest BCUT2D eigenvalue weighted by atomic mass is 16.5. The van der Waals surface area contributed by atoms with Crippen LogP contribution in [0.1, 0.15) is 19.8 Å². The van der Waals surface area contributed by atoms with Crippen molar-refractivity contribution in [2.45, 2.75) is 31.8 Å². The Morgan fingerprint density at radius 2 is 1.77 bits per heavy atom. The Bertz CT molecular complexity index is 755. The molecule has 6 nitrogen and oxygen atoms in total. The lowest BCUT2D eigenvalue weighted by atomic mass is 9.79. The summed E-state index contributed by atoms with van der Waals surface area (Å²) in [6.07, 6.45) is 2.55. The largest absolute Gasteiger partial charge is 0.493 e. The fraction of sp³-hybridized carbons (Fsp3) is 0.500. The normalized spacial score (nSPS) is 27.2. The van der Waals surface area contributed by atoms with Crippen LogP contribution in [0.4, 0.5) is 5.82 Å². The average molecular weight is 354 g/mol. The Morgan fingerprint density at radius 1 is 1.00 bits per heavy atom. The number of piperidine rings is 3. The number of fused-ring (bicyclic) bond motifs is 3. The summed E-state index contributed by atoms with van der Waals surface area (Å²) < 4.78 is 10.7. The number of nitrogens with zero attached hydrogens (tertiary/aromatic N) is 3. The Hall–Kier alpha value is -2.34. The van der Waals surface area contributed by atoms with E-state index in [1.807, 2.05) is 30.3 Å². The summed E-state index contributed by atoms with van der Waals surface area (Å²) in [5, 5.41) is 12.4. The third-order valence-corrected chi connectivity index (χ3v) is 5.84. The maximum absolute atomic E-state index is 5.37. The molecule has 5 rings (SSSR count). The quantitative estimate of drug-likeness (QED) is 0.891. The average Bonchev–Trinajstić information content (AvgIpc) is 2.71. The molecule has 2 atom stereocenters. The van der Waals surface area contributed by atoms with Crippen LogP contribution in [0.5, 0.6) is 11.5 Å². The third-order valence-electron chi connectivity index (χ3n) is 5.84. The van der Waals surface area contributed by atoms with Gasteiger partial charge in [0, 0.05) is 17.6 Å². The van der Waals surface area contributed by atoms with E-state index >= 15 is 0 Å². The van der Waals surface area contributed by atoms with E-state index in [9.17, 15) is 0 Å². The van der Waals surface area contributed by atoms with Crippen molar-refractivity contribution in [1.29, 1.82) is 0 Å². The van der Waals surface area contributed by atoms with Crippen molar-refractivity contribution in [3.05, 3.63) is 30.3 Å². The Balaban J connectivity index is 1.50. The van der Waals surface area contributed by atoms with Gasteiger partial charge in [-0.05, 0) is 69.1 Å². The van der Waals surface area contributed by atoms with Gasteiger partial charge in [-0.3, -0.25) is 4.90 Å². The molecule has 3 aliphatic rings. The van der Waals surface area contributed by atoms with E-state index in [0.29, 0.717) is 23.6 Å². The van der Waals surface area contributed by atoms with Gasteiger partial charge >= 0.3 is 0 Å². The molecule has 0 amide bonds. The first-order valence-corrected chi connectivity index (χ1v) is 9.26. The van der Waals surface area contributed by atoms with Gasteiger partial charge in [0.1, 0.15) is 5.82 Å². The SMILES string of the molecule is COc1ccc(-c2ccc(N[C@H]3C4CCN(CC4)[C@@H]3C)nn2)cc1OC. The van der Waals surface area contributed by atoms with Gasteiger partial charge in [-0.1, -0.05) is 0 Å². The van der Waals surface area contributed by atoms with Crippen LogP contribution in [-0.2, 0) is 0 Å². The molecule has 3 aliphatic heterocycles. The summed E-state index contributed by atoms with van der Waals surface area (Å²) in [6, 6.07) is 10.8. The number of aromatic nitrogens is 2. The summed E-state index contributed by atoms with van der Waals surface area (Å²) in [7, 11) is 3.27. The molecule has 6 heteroatoms. The molecule has 2 bridgehead atoms. The van der Waals surface area contributed by atoms with Gasteiger partial charge in [-0.25, -0.2) is 0 Å². The molecule has 3 saturated heterocycles. The topological polar surface area (TPSA) is 59.5 Å². The van der Waals surface area contributed by atoms with Gasteiger partial charge in [-0.2, -0.15) is 0 Å². The molecule has 2 aromatic rings. The second-order valence-corrected chi connectivity index (χ2v) is 7.16. The molecule has 1 N–H and O–H groups in total. The van der Waals surface area contributed by atoms with Crippen molar-refractivity contribution in [3.63, 3.8) is 0 Å². The Labute approximate surface area is 154 Å². The first-order chi connectivity index (χ1) is 12.7. The fourth-order valence-corrected chi connectivity index (χ4v) is 4.27. The van der Waals surface area contributed by atoms with Crippen LogP contribution in [0.3, 0.4) is 0 Å². The van der Waals surface area contributed by atoms with E-state index in [1.165, 1.54) is 25.9 Å². The molecule has 0 aliphatic carbocycles. The number of hydrogen-bond acceptors (Lipinski definition) is 6. The molecule has 0 radical (unpaired) electrons. The molecule has 26 heavy (non-hydrogen) atoms. The second-order valence-electron chi connectivity index (χ2n) is 7.16. The molecule has 0 spiro atoms. The first-order valence-electron chi connectivity index (χ1n) is 9.26. The van der Waals surface area contributed by atoms with Crippen molar-refractivity contribution in [2.24, 2.45) is 5.92 Å². The van der Waals surface area contributed by atoms with Crippen LogP contribution in [0.15, 0.2) is 30.3 Å². The van der Waals surface area contributed by atoms with E-state index in [2.05, 4.69) is 27.3 Å². The summed E-state index contributed by atoms with van der Waals surface area (Å²) in [5.74, 6) is 2.98. The molecule has 3 fully saturated rings. The number of rotatable bonds is 5. The van der Waals surface area contributed by atoms with E-state index in [-0.39, 0.29) is 0 Å². The first kappa shape index (κ1) is 17.1. The zero-order valence-electron chi connectivity index (χ0n) is 15.6. The van der Waals surface area contributed by atoms with E-state index in [0.717, 1.165) is 23.0 Å². The number of nitrogens with one attached hydrogen (secondary N) is 1. The standard InChI is InChI=1S/C20H26N4O2/c1-13-20(14-8-10-24(13)11-9-14)21-19-7-5-16(22-23-19)15-4-6-17(25-2)18(12-15)26-3/h4-7,12-14,20H,8-11H2,1-3H3,(H,21,23)/t13-,20-/m1/s1. The van der Waals surface area contributed by atoms with Crippen molar-refractivity contribution < 1.29 is 9.47 Å². The summed E-state index contributed by atoms with van der Waals surface area (Å²) in [6.45, 7) is 4.77. The molecule has 138 valence electrons. The minimum absolute atomic E-state index is 0.457. The van der Waals surface area contributed by atoms with Crippen LogP contribution in [0.2, 0.25) is 0 Å². The van der Waals surface area contributed by atoms with E-state index in [4.69, 9.17) is 9.47 Å². The molecule has 0 unspecified atom stereocenters. The number of ether oxygens (including phenoxy) is 2. The third kappa shape index (κ3) is 3.09.